The minimum atomic E-state index is -0.292. The van der Waals surface area contributed by atoms with Gasteiger partial charge in [-0.05, 0) is 44.0 Å². The summed E-state index contributed by atoms with van der Waals surface area (Å²) >= 11 is 1.43. The van der Waals surface area contributed by atoms with Gasteiger partial charge in [-0.3, -0.25) is 19.3 Å². The van der Waals surface area contributed by atoms with Crippen molar-refractivity contribution in [2.45, 2.75) is 26.0 Å². The average molecular weight is 382 g/mol. The van der Waals surface area contributed by atoms with Crippen LogP contribution < -0.4 is 5.32 Å². The van der Waals surface area contributed by atoms with Crippen molar-refractivity contribution in [2.24, 2.45) is 0 Å². The summed E-state index contributed by atoms with van der Waals surface area (Å²) in [7, 11) is 0. The second kappa shape index (κ2) is 7.96. The minimum absolute atomic E-state index is 0.0836. The number of amides is 3. The number of para-hydroxylation sites is 1. The first-order valence-electron chi connectivity index (χ1n) is 8.84. The summed E-state index contributed by atoms with van der Waals surface area (Å²) in [6.07, 6.45) is 0. The summed E-state index contributed by atoms with van der Waals surface area (Å²) in [5, 5.41) is 2.69. The molecule has 5 nitrogen and oxygen atoms in total. The van der Waals surface area contributed by atoms with Gasteiger partial charge in [0.05, 0.1) is 16.4 Å². The Hall–Kier alpha value is -2.60. The summed E-state index contributed by atoms with van der Waals surface area (Å²) < 4.78 is 0. The zero-order chi connectivity index (χ0) is 19.6. The molecule has 0 bridgehead atoms. The minimum Gasteiger partial charge on any atom is -0.325 e. The molecule has 0 spiro atoms. The van der Waals surface area contributed by atoms with E-state index in [0.29, 0.717) is 16.9 Å². The molecule has 3 amide bonds. The first kappa shape index (κ1) is 19.2. The van der Waals surface area contributed by atoms with E-state index < -0.39 is 0 Å². The van der Waals surface area contributed by atoms with E-state index in [9.17, 15) is 14.4 Å². The number of hydrogen-bond donors (Lipinski definition) is 1. The lowest BCUT2D eigenvalue weighted by atomic mass is 10.1. The van der Waals surface area contributed by atoms with Crippen LogP contribution in [0.25, 0.3) is 0 Å². The molecule has 0 saturated heterocycles. The summed E-state index contributed by atoms with van der Waals surface area (Å²) in [4.78, 5) is 38.4. The molecule has 1 N–H and O–H groups in total. The van der Waals surface area contributed by atoms with Gasteiger partial charge in [0.1, 0.15) is 0 Å². The number of benzene rings is 2. The van der Waals surface area contributed by atoms with Crippen LogP contribution in [0.5, 0.6) is 0 Å². The highest BCUT2D eigenvalue weighted by molar-refractivity contribution is 8.00. The third-order valence-electron chi connectivity index (χ3n) is 4.66. The number of rotatable bonds is 6. The van der Waals surface area contributed by atoms with Crippen LogP contribution >= 0.6 is 11.8 Å². The second-order valence-corrected chi connectivity index (χ2v) is 8.03. The lowest BCUT2D eigenvalue weighted by Crippen LogP contribution is -2.33. The van der Waals surface area contributed by atoms with E-state index >= 15 is 0 Å². The summed E-state index contributed by atoms with van der Waals surface area (Å²) in [5.41, 5.74) is 3.79. The Morgan fingerprint density at radius 2 is 1.56 bits per heavy atom. The highest BCUT2D eigenvalue weighted by atomic mass is 32.2. The molecule has 0 aromatic heterocycles. The Balaban J connectivity index is 1.54. The first-order chi connectivity index (χ1) is 12.9. The quantitative estimate of drug-likeness (QED) is 0.775. The first-order valence-corrected chi connectivity index (χ1v) is 9.89. The Morgan fingerprint density at radius 1 is 1.00 bits per heavy atom. The van der Waals surface area contributed by atoms with Crippen molar-refractivity contribution in [2.75, 3.05) is 17.6 Å². The lowest BCUT2D eigenvalue weighted by molar-refractivity contribution is -0.115. The SMILES string of the molecule is Cc1cccc(C)c1NC(=O)C(C)SCCN1C(=O)c2ccccc2C1=O. The van der Waals surface area contributed by atoms with Crippen molar-refractivity contribution < 1.29 is 14.4 Å². The highest BCUT2D eigenvalue weighted by Gasteiger charge is 2.34. The van der Waals surface area contributed by atoms with E-state index in [4.69, 9.17) is 0 Å². The molecular weight excluding hydrogens is 360 g/mol. The Kier molecular flexibility index (Phi) is 5.65. The number of carbonyl (C=O) groups is 3. The zero-order valence-corrected chi connectivity index (χ0v) is 16.4. The van der Waals surface area contributed by atoms with Gasteiger partial charge in [-0.1, -0.05) is 30.3 Å². The number of aryl methyl sites for hydroxylation is 2. The maximum absolute atomic E-state index is 12.5. The predicted octanol–water partition coefficient (Wildman–Crippen LogP) is 3.66. The Bertz CT molecular complexity index is 855. The van der Waals surface area contributed by atoms with Crippen molar-refractivity contribution in [3.05, 3.63) is 64.7 Å². The summed E-state index contributed by atoms with van der Waals surface area (Å²) in [6, 6.07) is 12.7. The maximum atomic E-state index is 12.5. The highest BCUT2D eigenvalue weighted by Crippen LogP contribution is 2.24. The summed E-state index contributed by atoms with van der Waals surface area (Å²) in [6.45, 7) is 6.04. The van der Waals surface area contributed by atoms with Crippen molar-refractivity contribution in [1.29, 1.82) is 0 Å². The van der Waals surface area contributed by atoms with Gasteiger partial charge in [0.2, 0.25) is 5.91 Å². The number of fused-ring (bicyclic) bond motifs is 1. The van der Waals surface area contributed by atoms with Gasteiger partial charge < -0.3 is 5.32 Å². The molecule has 140 valence electrons. The average Bonchev–Trinajstić information content (AvgIpc) is 2.89. The molecule has 1 heterocycles. The van der Waals surface area contributed by atoms with Crippen molar-refractivity contribution in [3.63, 3.8) is 0 Å². The molecule has 0 radical (unpaired) electrons. The van der Waals surface area contributed by atoms with Gasteiger partial charge >= 0.3 is 0 Å². The van der Waals surface area contributed by atoms with Crippen LogP contribution in [0.3, 0.4) is 0 Å². The van der Waals surface area contributed by atoms with Crippen LogP contribution in [-0.2, 0) is 4.79 Å². The molecule has 1 aliphatic heterocycles. The van der Waals surface area contributed by atoms with Gasteiger partial charge in [-0.2, -0.15) is 0 Å². The molecule has 2 aromatic rings. The van der Waals surface area contributed by atoms with Crippen LogP contribution in [0.4, 0.5) is 5.69 Å². The lowest BCUT2D eigenvalue weighted by Gasteiger charge is -2.17. The van der Waals surface area contributed by atoms with Crippen LogP contribution in [0.1, 0.15) is 38.8 Å². The molecule has 0 fully saturated rings. The largest absolute Gasteiger partial charge is 0.325 e. The zero-order valence-electron chi connectivity index (χ0n) is 15.6. The van der Waals surface area contributed by atoms with E-state index in [1.54, 1.807) is 24.3 Å². The number of thioether (sulfide) groups is 1. The molecule has 1 unspecified atom stereocenters. The molecule has 6 heteroatoms. The standard InChI is InChI=1S/C21H22N2O3S/c1-13-7-6-8-14(2)18(13)22-19(24)15(3)27-12-11-23-20(25)16-9-4-5-10-17(16)21(23)26/h4-10,15H,11-12H2,1-3H3,(H,22,24). The van der Waals surface area contributed by atoms with E-state index in [0.717, 1.165) is 16.8 Å². The molecule has 2 aromatic carbocycles. The Morgan fingerprint density at radius 3 is 2.11 bits per heavy atom. The van der Waals surface area contributed by atoms with Gasteiger partial charge in [-0.25, -0.2) is 0 Å². The number of nitrogens with zero attached hydrogens (tertiary/aromatic N) is 1. The van der Waals surface area contributed by atoms with Gasteiger partial charge in [0.25, 0.3) is 11.8 Å². The smallest absolute Gasteiger partial charge is 0.261 e. The van der Waals surface area contributed by atoms with Gasteiger partial charge in [0.15, 0.2) is 0 Å². The van der Waals surface area contributed by atoms with Crippen LogP contribution in [0.2, 0.25) is 0 Å². The van der Waals surface area contributed by atoms with Crippen LogP contribution in [0.15, 0.2) is 42.5 Å². The molecule has 3 rings (SSSR count). The molecule has 1 atom stereocenters. The van der Waals surface area contributed by atoms with Crippen molar-refractivity contribution >= 4 is 35.2 Å². The number of nitrogens with one attached hydrogen (secondary N) is 1. The van der Waals surface area contributed by atoms with Crippen LogP contribution in [0, 0.1) is 13.8 Å². The van der Waals surface area contributed by atoms with E-state index in [-0.39, 0.29) is 29.5 Å². The van der Waals surface area contributed by atoms with Gasteiger partial charge in [-0.15, -0.1) is 11.8 Å². The Labute approximate surface area is 163 Å². The fourth-order valence-electron chi connectivity index (χ4n) is 3.08. The fourth-order valence-corrected chi connectivity index (χ4v) is 3.93. The van der Waals surface area contributed by atoms with E-state index in [2.05, 4.69) is 5.32 Å². The van der Waals surface area contributed by atoms with Crippen molar-refractivity contribution in [1.82, 2.24) is 4.90 Å². The van der Waals surface area contributed by atoms with Crippen molar-refractivity contribution in [3.8, 4) is 0 Å². The topological polar surface area (TPSA) is 66.5 Å². The third-order valence-corrected chi connectivity index (χ3v) is 5.79. The maximum Gasteiger partial charge on any atom is 0.261 e. The molecule has 0 saturated carbocycles. The molecule has 1 aliphatic rings. The number of anilines is 1. The van der Waals surface area contributed by atoms with E-state index in [1.165, 1.54) is 16.7 Å². The number of hydrogen-bond acceptors (Lipinski definition) is 4. The van der Waals surface area contributed by atoms with E-state index in [1.807, 2.05) is 39.0 Å². The second-order valence-electron chi connectivity index (χ2n) is 6.58. The third kappa shape index (κ3) is 3.90. The molecular formula is C21H22N2O3S. The summed E-state index contributed by atoms with van der Waals surface area (Å²) in [5.74, 6) is -0.0975. The van der Waals surface area contributed by atoms with Gasteiger partial charge in [0, 0.05) is 18.0 Å². The van der Waals surface area contributed by atoms with Crippen LogP contribution in [-0.4, -0.2) is 40.2 Å². The number of carbonyl (C=O) groups excluding carboxylic acids is 3. The molecule has 0 aliphatic carbocycles. The fraction of sp³-hybridized carbons (Fsp3) is 0.286. The number of imide groups is 1. The predicted molar refractivity (Wildman–Crippen MR) is 108 cm³/mol. The molecule has 27 heavy (non-hydrogen) atoms. The monoisotopic (exact) mass is 382 g/mol. The normalized spacial score (nSPS) is 14.3.